The monoisotopic (exact) mass is 288 g/mol. The van der Waals surface area contributed by atoms with E-state index in [-0.39, 0.29) is 16.4 Å². The summed E-state index contributed by atoms with van der Waals surface area (Å²) in [5, 5.41) is 0. The van der Waals surface area contributed by atoms with E-state index < -0.39 is 0 Å². The third kappa shape index (κ3) is 5.01. The third-order valence-corrected chi connectivity index (χ3v) is 5.05. The van der Waals surface area contributed by atoms with E-state index in [1.807, 2.05) is 0 Å². The number of rotatable bonds is 9. The molecule has 122 valence electrons. The van der Waals surface area contributed by atoms with Gasteiger partial charge in [-0.25, -0.2) is 0 Å². The Bertz CT molecular complexity index is 260. The second kappa shape index (κ2) is 7.77. The second-order valence-corrected chi connectivity index (χ2v) is 7.59. The minimum Gasteiger partial charge on any atom is -0.384 e. The molecule has 0 bridgehead atoms. The van der Waals surface area contributed by atoms with Crippen LogP contribution in [0, 0.1) is 16.7 Å². The molecule has 0 aliphatic rings. The summed E-state index contributed by atoms with van der Waals surface area (Å²) < 4.78 is 17.3. The van der Waals surface area contributed by atoms with E-state index in [4.69, 9.17) is 14.2 Å². The summed E-state index contributed by atoms with van der Waals surface area (Å²) in [6, 6.07) is 0. The van der Waals surface area contributed by atoms with Crippen LogP contribution in [0.4, 0.5) is 0 Å². The summed E-state index contributed by atoms with van der Waals surface area (Å²) in [5.41, 5.74) is -0.178. The fraction of sp³-hybridized carbons (Fsp3) is 1.00. The predicted molar refractivity (Wildman–Crippen MR) is 85.1 cm³/mol. The minimum absolute atomic E-state index is 0.0826. The van der Waals surface area contributed by atoms with Gasteiger partial charge in [0.1, 0.15) is 0 Å². The van der Waals surface area contributed by atoms with Gasteiger partial charge in [0.25, 0.3) is 0 Å². The smallest absolute Gasteiger partial charge is 0.0674 e. The van der Waals surface area contributed by atoms with Crippen molar-refractivity contribution in [1.82, 2.24) is 0 Å². The van der Waals surface area contributed by atoms with Gasteiger partial charge >= 0.3 is 0 Å². The molecule has 0 aromatic rings. The molecule has 3 heteroatoms. The standard InChI is InChI=1S/C17H36O3/c1-10-14(2)17(11-18-8,12-19-9)13-20-16(6,7)15(3,4)5/h14H,10-13H2,1-9H3. The van der Waals surface area contributed by atoms with Gasteiger partial charge in [0.05, 0.1) is 25.4 Å². The summed E-state index contributed by atoms with van der Waals surface area (Å²) in [4.78, 5) is 0. The maximum absolute atomic E-state index is 6.33. The second-order valence-electron chi connectivity index (χ2n) is 7.59. The molecular formula is C17H36O3. The molecule has 1 atom stereocenters. The van der Waals surface area contributed by atoms with Crippen molar-refractivity contribution >= 4 is 0 Å². The number of hydrogen-bond donors (Lipinski definition) is 0. The molecule has 0 fully saturated rings. The van der Waals surface area contributed by atoms with E-state index in [1.165, 1.54) is 0 Å². The molecule has 0 saturated carbocycles. The SMILES string of the molecule is CCC(C)C(COC)(COC)COC(C)(C)C(C)(C)C. The number of hydrogen-bond acceptors (Lipinski definition) is 3. The summed E-state index contributed by atoms with van der Waals surface area (Å²) in [7, 11) is 3.50. The molecule has 1 unspecified atom stereocenters. The van der Waals surface area contributed by atoms with Gasteiger partial charge in [-0.1, -0.05) is 41.0 Å². The summed E-state index contributed by atoms with van der Waals surface area (Å²) in [6.45, 7) is 17.4. The summed E-state index contributed by atoms with van der Waals surface area (Å²) >= 11 is 0. The predicted octanol–water partition coefficient (Wildman–Crippen LogP) is 4.15. The van der Waals surface area contributed by atoms with Crippen LogP contribution in [0.2, 0.25) is 0 Å². The molecule has 0 N–H and O–H groups in total. The lowest BCUT2D eigenvalue weighted by Gasteiger charge is -2.44. The molecule has 20 heavy (non-hydrogen) atoms. The van der Waals surface area contributed by atoms with Crippen molar-refractivity contribution < 1.29 is 14.2 Å². The Hall–Kier alpha value is -0.120. The van der Waals surface area contributed by atoms with Gasteiger partial charge in [-0.3, -0.25) is 0 Å². The quantitative estimate of drug-likeness (QED) is 0.638. The van der Waals surface area contributed by atoms with Crippen molar-refractivity contribution in [2.45, 2.75) is 60.5 Å². The van der Waals surface area contributed by atoms with Gasteiger partial charge < -0.3 is 14.2 Å². The van der Waals surface area contributed by atoms with Crippen LogP contribution >= 0.6 is 0 Å². The average molecular weight is 288 g/mol. The fourth-order valence-electron chi connectivity index (χ4n) is 2.10. The Morgan fingerprint density at radius 1 is 0.850 bits per heavy atom. The zero-order chi connectivity index (χ0) is 16.0. The zero-order valence-corrected chi connectivity index (χ0v) is 15.1. The molecule has 0 rings (SSSR count). The Morgan fingerprint density at radius 2 is 1.30 bits per heavy atom. The Balaban J connectivity index is 5.06. The van der Waals surface area contributed by atoms with Crippen LogP contribution in [-0.2, 0) is 14.2 Å². The van der Waals surface area contributed by atoms with Crippen LogP contribution in [0.25, 0.3) is 0 Å². The van der Waals surface area contributed by atoms with Crippen molar-refractivity contribution in [3.8, 4) is 0 Å². The zero-order valence-electron chi connectivity index (χ0n) is 15.1. The van der Waals surface area contributed by atoms with Crippen molar-refractivity contribution in [3.63, 3.8) is 0 Å². The van der Waals surface area contributed by atoms with Gasteiger partial charge in [-0.2, -0.15) is 0 Å². The van der Waals surface area contributed by atoms with Crippen molar-refractivity contribution in [1.29, 1.82) is 0 Å². The van der Waals surface area contributed by atoms with E-state index in [0.717, 1.165) is 6.42 Å². The first kappa shape index (κ1) is 19.9. The highest BCUT2D eigenvalue weighted by atomic mass is 16.5. The lowest BCUT2D eigenvalue weighted by atomic mass is 9.75. The van der Waals surface area contributed by atoms with E-state index in [0.29, 0.717) is 25.7 Å². The van der Waals surface area contributed by atoms with E-state index in [1.54, 1.807) is 14.2 Å². The Labute approximate surface area is 126 Å². The number of methoxy groups -OCH3 is 2. The minimum atomic E-state index is -0.187. The van der Waals surface area contributed by atoms with Gasteiger partial charge in [-0.05, 0) is 25.2 Å². The first-order valence-corrected chi connectivity index (χ1v) is 7.68. The third-order valence-electron chi connectivity index (χ3n) is 5.05. The van der Waals surface area contributed by atoms with Gasteiger partial charge in [0.15, 0.2) is 0 Å². The first-order valence-electron chi connectivity index (χ1n) is 7.68. The van der Waals surface area contributed by atoms with Crippen molar-refractivity contribution in [2.24, 2.45) is 16.7 Å². The first-order chi connectivity index (χ1) is 9.06. The molecule has 0 aromatic heterocycles. The lowest BCUT2D eigenvalue weighted by molar-refractivity contribution is -0.155. The lowest BCUT2D eigenvalue weighted by Crippen LogP contribution is -2.48. The fourth-order valence-corrected chi connectivity index (χ4v) is 2.10. The average Bonchev–Trinajstić information content (AvgIpc) is 2.34. The number of ether oxygens (including phenoxy) is 3. The summed E-state index contributed by atoms with van der Waals surface area (Å²) in [6.07, 6.45) is 1.09. The highest BCUT2D eigenvalue weighted by Crippen LogP contribution is 2.38. The topological polar surface area (TPSA) is 27.7 Å². The molecule has 0 heterocycles. The molecular weight excluding hydrogens is 252 g/mol. The van der Waals surface area contributed by atoms with Crippen LogP contribution in [0.3, 0.4) is 0 Å². The van der Waals surface area contributed by atoms with Crippen molar-refractivity contribution in [2.75, 3.05) is 34.0 Å². The normalized spacial score (nSPS) is 15.4. The molecule has 0 aliphatic carbocycles. The van der Waals surface area contributed by atoms with Crippen LogP contribution in [0.15, 0.2) is 0 Å². The molecule has 3 nitrogen and oxygen atoms in total. The van der Waals surface area contributed by atoms with Crippen LogP contribution < -0.4 is 0 Å². The van der Waals surface area contributed by atoms with E-state index in [9.17, 15) is 0 Å². The summed E-state index contributed by atoms with van der Waals surface area (Å²) in [5.74, 6) is 0.484. The molecule has 0 aliphatic heterocycles. The van der Waals surface area contributed by atoms with Gasteiger partial charge in [0.2, 0.25) is 0 Å². The maximum Gasteiger partial charge on any atom is 0.0674 e. The van der Waals surface area contributed by atoms with Crippen LogP contribution in [0.1, 0.15) is 54.9 Å². The Morgan fingerprint density at radius 3 is 1.60 bits per heavy atom. The maximum atomic E-state index is 6.33. The van der Waals surface area contributed by atoms with E-state index in [2.05, 4.69) is 48.5 Å². The van der Waals surface area contributed by atoms with E-state index >= 15 is 0 Å². The van der Waals surface area contributed by atoms with Crippen molar-refractivity contribution in [3.05, 3.63) is 0 Å². The largest absolute Gasteiger partial charge is 0.384 e. The van der Waals surface area contributed by atoms with Gasteiger partial charge in [0, 0.05) is 19.6 Å². The molecule has 0 amide bonds. The highest BCUT2D eigenvalue weighted by molar-refractivity contribution is 4.88. The Kier molecular flexibility index (Phi) is 7.72. The highest BCUT2D eigenvalue weighted by Gasteiger charge is 2.41. The van der Waals surface area contributed by atoms with Gasteiger partial charge in [-0.15, -0.1) is 0 Å². The van der Waals surface area contributed by atoms with Crippen LogP contribution in [0.5, 0.6) is 0 Å². The van der Waals surface area contributed by atoms with Crippen LogP contribution in [-0.4, -0.2) is 39.6 Å². The molecule has 0 spiro atoms. The molecule has 0 radical (unpaired) electrons. The molecule has 0 aromatic carbocycles. The molecule has 0 saturated heterocycles.